The summed E-state index contributed by atoms with van der Waals surface area (Å²) in [7, 11) is -11.4. The highest BCUT2D eigenvalue weighted by molar-refractivity contribution is 7.88. The summed E-state index contributed by atoms with van der Waals surface area (Å²) in [5, 5.41) is 0. The highest BCUT2D eigenvalue weighted by atomic mass is 32.2. The minimum atomic E-state index is -3.82. The molecule has 0 bridgehead atoms. The summed E-state index contributed by atoms with van der Waals surface area (Å²) in [4.78, 5) is 0. The van der Waals surface area contributed by atoms with Crippen molar-refractivity contribution < 1.29 is 25.3 Å². The maximum absolute atomic E-state index is 13.6. The minimum absolute atomic E-state index is 0.0662. The first-order valence-electron chi connectivity index (χ1n) is 14.2. The zero-order valence-corrected chi connectivity index (χ0v) is 26.6. The largest absolute Gasteiger partial charge is 0.218 e. The van der Waals surface area contributed by atoms with E-state index in [-0.39, 0.29) is 69.4 Å². The molecule has 3 aromatic carbocycles. The maximum Gasteiger partial charge on any atom is 0.218 e. The second-order valence-corrected chi connectivity index (χ2v) is 16.7. The summed E-state index contributed by atoms with van der Waals surface area (Å²) >= 11 is 0. The van der Waals surface area contributed by atoms with Crippen LogP contribution in [0.25, 0.3) is 0 Å². The van der Waals surface area contributed by atoms with Crippen molar-refractivity contribution in [3.8, 4) is 0 Å². The molecule has 232 valence electrons. The van der Waals surface area contributed by atoms with E-state index in [1.54, 1.807) is 72.8 Å². The number of benzene rings is 3. The van der Waals surface area contributed by atoms with Crippen LogP contribution >= 0.6 is 0 Å². The molecule has 0 atom stereocenters. The lowest BCUT2D eigenvalue weighted by molar-refractivity contribution is 0.332. The van der Waals surface area contributed by atoms with E-state index < -0.39 is 30.1 Å². The predicted octanol–water partition coefficient (Wildman–Crippen LogP) is 3.83. The van der Waals surface area contributed by atoms with E-state index in [2.05, 4.69) is 6.58 Å². The highest BCUT2D eigenvalue weighted by Crippen LogP contribution is 2.20. The molecule has 1 aliphatic rings. The molecule has 12 heteroatoms. The fourth-order valence-corrected chi connectivity index (χ4v) is 9.82. The molecule has 0 N–H and O–H groups in total. The van der Waals surface area contributed by atoms with E-state index in [0.717, 1.165) is 0 Å². The van der Waals surface area contributed by atoms with E-state index in [9.17, 15) is 25.3 Å². The molecule has 0 unspecified atom stereocenters. The van der Waals surface area contributed by atoms with Gasteiger partial charge in [0.1, 0.15) is 0 Å². The fourth-order valence-electron chi connectivity index (χ4n) is 5.05. The lowest BCUT2D eigenvalue weighted by Gasteiger charge is -2.30. The van der Waals surface area contributed by atoms with Crippen LogP contribution in [0.5, 0.6) is 0 Å². The Morgan fingerprint density at radius 3 is 1.07 bits per heavy atom. The van der Waals surface area contributed by atoms with E-state index in [1.807, 2.05) is 18.2 Å². The van der Waals surface area contributed by atoms with Crippen molar-refractivity contribution in [1.29, 1.82) is 0 Å². The highest BCUT2D eigenvalue weighted by Gasteiger charge is 2.30. The first-order chi connectivity index (χ1) is 20.4. The van der Waals surface area contributed by atoms with Crippen LogP contribution in [0.3, 0.4) is 0 Å². The summed E-state index contributed by atoms with van der Waals surface area (Å²) < 4.78 is 85.3. The van der Waals surface area contributed by atoms with Crippen LogP contribution in [-0.4, -0.2) is 77.4 Å². The number of hydrogen-bond donors (Lipinski definition) is 0. The average Bonchev–Trinajstić information content (AvgIpc) is 2.95. The van der Waals surface area contributed by atoms with Crippen LogP contribution in [0.4, 0.5) is 0 Å². The Balaban J connectivity index is 1.61. The van der Waals surface area contributed by atoms with Gasteiger partial charge in [0.05, 0.1) is 17.3 Å². The Bertz CT molecular complexity index is 1580. The van der Waals surface area contributed by atoms with Gasteiger partial charge in [-0.25, -0.2) is 29.6 Å². The maximum atomic E-state index is 13.6. The standard InChI is InChI=1S/C31H39N3O6S3/c1-28-23-33(42(37,38)26-30-15-7-3-8-16-30)21-11-19-32(41(35,36)25-29-13-5-2-6-14-29)20-12-22-34(24-28)43(39,40)27-31-17-9-4-10-18-31/h2-10,13-18H,1,11-12,19-27H2. The van der Waals surface area contributed by atoms with Gasteiger partial charge in [0.15, 0.2) is 0 Å². The first kappa shape index (κ1) is 33.0. The summed E-state index contributed by atoms with van der Waals surface area (Å²) in [6.07, 6.45) is 0.566. The van der Waals surface area contributed by atoms with E-state index >= 15 is 0 Å². The molecule has 1 aliphatic heterocycles. The van der Waals surface area contributed by atoms with Gasteiger partial charge in [0.25, 0.3) is 0 Å². The van der Waals surface area contributed by atoms with Gasteiger partial charge in [-0.2, -0.15) is 8.61 Å². The SMILES string of the molecule is C=C1CN(S(=O)(=O)Cc2ccccc2)CCCN(S(=O)(=O)Cc2ccccc2)CCCN(S(=O)(=O)Cc2ccccc2)C1. The van der Waals surface area contributed by atoms with Crippen molar-refractivity contribution in [1.82, 2.24) is 12.9 Å². The predicted molar refractivity (Wildman–Crippen MR) is 170 cm³/mol. The Hall–Kier alpha value is -2.87. The third-order valence-electron chi connectivity index (χ3n) is 7.19. The molecular weight excluding hydrogens is 607 g/mol. The van der Waals surface area contributed by atoms with Gasteiger partial charge < -0.3 is 0 Å². The molecule has 0 radical (unpaired) electrons. The lowest BCUT2D eigenvalue weighted by atomic mass is 10.2. The summed E-state index contributed by atoms with van der Waals surface area (Å²) in [6.45, 7) is 4.29. The molecule has 9 nitrogen and oxygen atoms in total. The Morgan fingerprint density at radius 1 is 0.465 bits per heavy atom. The van der Waals surface area contributed by atoms with Gasteiger partial charge >= 0.3 is 0 Å². The normalized spacial score (nSPS) is 17.6. The molecule has 0 amide bonds. The number of sulfonamides is 3. The average molecular weight is 646 g/mol. The number of hydrogen-bond acceptors (Lipinski definition) is 6. The van der Waals surface area contributed by atoms with Crippen molar-refractivity contribution in [2.75, 3.05) is 39.3 Å². The monoisotopic (exact) mass is 645 g/mol. The van der Waals surface area contributed by atoms with Gasteiger partial charge in [-0.1, -0.05) is 97.6 Å². The molecule has 43 heavy (non-hydrogen) atoms. The first-order valence-corrected chi connectivity index (χ1v) is 19.0. The Labute approximate surface area is 256 Å². The summed E-state index contributed by atoms with van der Waals surface area (Å²) in [5.41, 5.74) is 2.34. The molecule has 1 heterocycles. The van der Waals surface area contributed by atoms with Crippen molar-refractivity contribution in [2.45, 2.75) is 30.1 Å². The molecule has 0 aliphatic carbocycles. The third kappa shape index (κ3) is 9.82. The fraction of sp³-hybridized carbons (Fsp3) is 0.355. The number of nitrogens with zero attached hydrogens (tertiary/aromatic N) is 3. The quantitative estimate of drug-likeness (QED) is 0.327. The minimum Gasteiger partial charge on any atom is -0.212 e. The zero-order chi connectivity index (χ0) is 30.9. The zero-order valence-electron chi connectivity index (χ0n) is 24.2. The van der Waals surface area contributed by atoms with Gasteiger partial charge in [0.2, 0.25) is 30.1 Å². The van der Waals surface area contributed by atoms with Gasteiger partial charge in [0, 0.05) is 39.3 Å². The van der Waals surface area contributed by atoms with Crippen LogP contribution in [0.2, 0.25) is 0 Å². The second-order valence-electron chi connectivity index (χ2n) is 10.7. The summed E-state index contributed by atoms with van der Waals surface area (Å²) in [5.74, 6) is -0.656. The van der Waals surface area contributed by atoms with Gasteiger partial charge in [-0.05, 0) is 35.1 Å². The van der Waals surface area contributed by atoms with Crippen molar-refractivity contribution in [2.24, 2.45) is 0 Å². The van der Waals surface area contributed by atoms with E-state index in [1.165, 1.54) is 12.9 Å². The van der Waals surface area contributed by atoms with Crippen LogP contribution in [-0.2, 0) is 47.3 Å². The van der Waals surface area contributed by atoms with E-state index in [0.29, 0.717) is 22.3 Å². The van der Waals surface area contributed by atoms with Crippen molar-refractivity contribution >= 4 is 30.1 Å². The topological polar surface area (TPSA) is 112 Å². The van der Waals surface area contributed by atoms with E-state index in [4.69, 9.17) is 0 Å². The van der Waals surface area contributed by atoms with Crippen LogP contribution < -0.4 is 0 Å². The Kier molecular flexibility index (Phi) is 11.3. The van der Waals surface area contributed by atoms with Crippen LogP contribution in [0.15, 0.2) is 103 Å². The molecule has 0 spiro atoms. The van der Waals surface area contributed by atoms with Crippen molar-refractivity contribution in [3.05, 3.63) is 120 Å². The summed E-state index contributed by atoms with van der Waals surface area (Å²) in [6, 6.07) is 26.5. The smallest absolute Gasteiger partial charge is 0.212 e. The number of rotatable bonds is 9. The van der Waals surface area contributed by atoms with Gasteiger partial charge in [-0.3, -0.25) is 0 Å². The van der Waals surface area contributed by atoms with Crippen LogP contribution in [0.1, 0.15) is 29.5 Å². The Morgan fingerprint density at radius 2 is 0.744 bits per heavy atom. The van der Waals surface area contributed by atoms with Crippen molar-refractivity contribution in [3.63, 3.8) is 0 Å². The lowest BCUT2D eigenvalue weighted by Crippen LogP contribution is -2.43. The molecule has 4 rings (SSSR count). The molecular formula is C31H39N3O6S3. The molecule has 0 aromatic heterocycles. The van der Waals surface area contributed by atoms with Gasteiger partial charge in [-0.15, -0.1) is 0 Å². The molecule has 3 aromatic rings. The second kappa shape index (κ2) is 14.7. The molecule has 0 saturated carbocycles. The molecule has 1 saturated heterocycles. The van der Waals surface area contributed by atoms with Crippen LogP contribution in [0, 0.1) is 0 Å². The third-order valence-corrected chi connectivity index (χ3v) is 12.6. The molecule has 1 fully saturated rings.